The van der Waals surface area contributed by atoms with Gasteiger partial charge in [0.25, 0.3) is 5.56 Å². The van der Waals surface area contributed by atoms with E-state index >= 15 is 0 Å². The highest BCUT2D eigenvalue weighted by Gasteiger charge is 2.27. The van der Waals surface area contributed by atoms with Crippen molar-refractivity contribution in [2.24, 2.45) is 0 Å². The maximum Gasteiger partial charge on any atom is 0.262 e. The number of hydrogen-bond acceptors (Lipinski definition) is 5. The van der Waals surface area contributed by atoms with Crippen LogP contribution < -0.4 is 10.9 Å². The van der Waals surface area contributed by atoms with E-state index in [1.165, 1.54) is 16.9 Å². The van der Waals surface area contributed by atoms with Gasteiger partial charge in [0.1, 0.15) is 4.83 Å². The smallest absolute Gasteiger partial charge is 0.262 e. The Kier molecular flexibility index (Phi) is 5.54. The number of aryl methyl sites for hydroxylation is 2. The maximum atomic E-state index is 13.0. The van der Waals surface area contributed by atoms with Crippen molar-refractivity contribution in [3.8, 4) is 0 Å². The average molecular weight is 397 g/mol. The first-order valence-corrected chi connectivity index (χ1v) is 10.6. The third-order valence-electron chi connectivity index (χ3n) is 5.35. The fraction of sp³-hybridized carbons (Fsp3) is 0.381. The summed E-state index contributed by atoms with van der Waals surface area (Å²) in [4.78, 5) is 32.5. The Morgan fingerprint density at radius 1 is 1.29 bits per heavy atom. The van der Waals surface area contributed by atoms with Gasteiger partial charge in [-0.1, -0.05) is 31.2 Å². The summed E-state index contributed by atoms with van der Waals surface area (Å²) in [5, 5.41) is 5.87. The van der Waals surface area contributed by atoms with Crippen LogP contribution in [0.1, 0.15) is 30.5 Å². The van der Waals surface area contributed by atoms with Crippen LogP contribution in [-0.4, -0.2) is 40.0 Å². The second kappa shape index (κ2) is 8.24. The molecule has 6 nitrogen and oxygen atoms in total. The van der Waals surface area contributed by atoms with E-state index in [2.05, 4.69) is 41.5 Å². The van der Waals surface area contributed by atoms with E-state index in [4.69, 9.17) is 0 Å². The van der Waals surface area contributed by atoms with Crippen molar-refractivity contribution >= 4 is 27.5 Å². The van der Waals surface area contributed by atoms with E-state index in [0.29, 0.717) is 24.9 Å². The van der Waals surface area contributed by atoms with E-state index in [0.717, 1.165) is 29.9 Å². The van der Waals surface area contributed by atoms with Crippen LogP contribution in [0.25, 0.3) is 10.2 Å². The van der Waals surface area contributed by atoms with Crippen LogP contribution in [0.15, 0.2) is 46.8 Å². The highest BCUT2D eigenvalue weighted by atomic mass is 32.1. The van der Waals surface area contributed by atoms with Gasteiger partial charge in [0.15, 0.2) is 0 Å². The van der Waals surface area contributed by atoms with Crippen LogP contribution in [0, 0.1) is 0 Å². The number of rotatable bonds is 5. The van der Waals surface area contributed by atoms with Gasteiger partial charge in [-0.15, -0.1) is 11.3 Å². The quantitative estimate of drug-likeness (QED) is 0.720. The number of carbonyl (C=O) groups excluding carboxylic acids is 1. The molecule has 0 saturated carbocycles. The number of nitrogens with zero attached hydrogens (tertiary/aromatic N) is 3. The number of benzene rings is 1. The van der Waals surface area contributed by atoms with Gasteiger partial charge in [0.05, 0.1) is 17.8 Å². The van der Waals surface area contributed by atoms with Gasteiger partial charge in [0, 0.05) is 32.6 Å². The van der Waals surface area contributed by atoms with Crippen LogP contribution in [0.3, 0.4) is 0 Å². The number of fused-ring (bicyclic) bond motifs is 1. The van der Waals surface area contributed by atoms with E-state index in [9.17, 15) is 9.59 Å². The molecular formula is C21H24N4O2S. The van der Waals surface area contributed by atoms with E-state index in [-0.39, 0.29) is 17.5 Å². The summed E-state index contributed by atoms with van der Waals surface area (Å²) in [6.07, 6.45) is 2.84. The van der Waals surface area contributed by atoms with Gasteiger partial charge >= 0.3 is 0 Å². The first-order chi connectivity index (χ1) is 13.7. The molecule has 4 rings (SSSR count). The summed E-state index contributed by atoms with van der Waals surface area (Å²) in [6.45, 7) is 4.70. The molecular weight excluding hydrogens is 372 g/mol. The molecule has 1 N–H and O–H groups in total. The molecule has 0 aliphatic carbocycles. The number of thiophene rings is 1. The molecule has 1 saturated heterocycles. The molecule has 1 amide bonds. The monoisotopic (exact) mass is 396 g/mol. The third-order valence-corrected chi connectivity index (χ3v) is 6.17. The van der Waals surface area contributed by atoms with Gasteiger partial charge in [-0.3, -0.25) is 14.2 Å². The molecule has 3 heterocycles. The molecule has 0 radical (unpaired) electrons. The second-order valence-electron chi connectivity index (χ2n) is 7.03. The molecule has 0 bridgehead atoms. The Labute approximate surface area is 167 Å². The maximum absolute atomic E-state index is 13.0. The minimum atomic E-state index is -0.0777. The van der Waals surface area contributed by atoms with E-state index in [1.54, 1.807) is 17.0 Å². The predicted molar refractivity (Wildman–Crippen MR) is 112 cm³/mol. The fourth-order valence-electron chi connectivity index (χ4n) is 3.69. The molecule has 7 heteroatoms. The molecule has 146 valence electrons. The second-order valence-corrected chi connectivity index (χ2v) is 7.93. The molecule has 1 fully saturated rings. The molecule has 0 spiro atoms. The lowest BCUT2D eigenvalue weighted by Crippen LogP contribution is -2.49. The number of hydrogen-bond donors (Lipinski definition) is 1. The van der Waals surface area contributed by atoms with Gasteiger partial charge < -0.3 is 10.2 Å². The zero-order valence-corrected chi connectivity index (χ0v) is 16.7. The lowest BCUT2D eigenvalue weighted by atomic mass is 10.0. The molecule has 1 unspecified atom stereocenters. The summed E-state index contributed by atoms with van der Waals surface area (Å²) >= 11 is 1.45. The Balaban J connectivity index is 1.48. The van der Waals surface area contributed by atoms with Crippen molar-refractivity contribution in [3.05, 3.63) is 63.5 Å². The Morgan fingerprint density at radius 2 is 2.11 bits per heavy atom. The predicted octanol–water partition coefficient (Wildman–Crippen LogP) is 2.58. The molecule has 1 atom stereocenters. The lowest BCUT2D eigenvalue weighted by Gasteiger charge is -2.36. The Hall–Kier alpha value is -2.51. The fourth-order valence-corrected chi connectivity index (χ4v) is 4.41. The van der Waals surface area contributed by atoms with Gasteiger partial charge in [-0.2, -0.15) is 0 Å². The first-order valence-electron chi connectivity index (χ1n) is 9.69. The Morgan fingerprint density at radius 3 is 2.89 bits per heavy atom. The first kappa shape index (κ1) is 18.8. The van der Waals surface area contributed by atoms with E-state index < -0.39 is 0 Å². The number of piperazine rings is 1. The molecule has 2 aromatic heterocycles. The molecule has 1 aliphatic heterocycles. The van der Waals surface area contributed by atoms with Gasteiger partial charge in [-0.25, -0.2) is 4.98 Å². The van der Waals surface area contributed by atoms with Crippen LogP contribution in [-0.2, 0) is 17.8 Å². The van der Waals surface area contributed by atoms with Crippen LogP contribution in [0.4, 0.5) is 0 Å². The van der Waals surface area contributed by atoms with Gasteiger partial charge in [-0.05, 0) is 29.0 Å². The van der Waals surface area contributed by atoms with Crippen molar-refractivity contribution in [2.45, 2.75) is 32.4 Å². The summed E-state index contributed by atoms with van der Waals surface area (Å²) in [5.41, 5.74) is 2.36. The molecule has 3 aromatic rings. The highest BCUT2D eigenvalue weighted by molar-refractivity contribution is 7.16. The van der Waals surface area contributed by atoms with Crippen molar-refractivity contribution in [2.75, 3.05) is 19.6 Å². The SMILES string of the molecule is CCc1ccc(C2CNCCN2C(=O)CCn2cnc3sccc3c2=O)cc1. The van der Waals surface area contributed by atoms with Crippen molar-refractivity contribution in [1.29, 1.82) is 0 Å². The molecule has 1 aliphatic rings. The molecule has 28 heavy (non-hydrogen) atoms. The van der Waals surface area contributed by atoms with Gasteiger partial charge in [0.2, 0.25) is 5.91 Å². The summed E-state index contributed by atoms with van der Waals surface area (Å²) in [6, 6.07) is 10.3. The van der Waals surface area contributed by atoms with Crippen LogP contribution in [0.2, 0.25) is 0 Å². The zero-order valence-electron chi connectivity index (χ0n) is 15.9. The van der Waals surface area contributed by atoms with Crippen molar-refractivity contribution < 1.29 is 4.79 Å². The molecule has 1 aromatic carbocycles. The largest absolute Gasteiger partial charge is 0.333 e. The van der Waals surface area contributed by atoms with Crippen LogP contribution in [0.5, 0.6) is 0 Å². The number of amides is 1. The average Bonchev–Trinajstić information content (AvgIpc) is 3.23. The number of carbonyl (C=O) groups is 1. The lowest BCUT2D eigenvalue weighted by molar-refractivity contribution is -0.134. The summed E-state index contributed by atoms with van der Waals surface area (Å²) in [7, 11) is 0. The van der Waals surface area contributed by atoms with Crippen molar-refractivity contribution in [1.82, 2.24) is 19.8 Å². The summed E-state index contributed by atoms with van der Waals surface area (Å²) < 4.78 is 1.54. The number of aromatic nitrogens is 2. The third kappa shape index (κ3) is 3.72. The van der Waals surface area contributed by atoms with E-state index in [1.807, 2.05) is 10.3 Å². The topological polar surface area (TPSA) is 67.2 Å². The zero-order chi connectivity index (χ0) is 19.5. The normalized spacial score (nSPS) is 17.2. The minimum absolute atomic E-state index is 0.0290. The Bertz CT molecular complexity index is 1020. The minimum Gasteiger partial charge on any atom is -0.333 e. The highest BCUT2D eigenvalue weighted by Crippen LogP contribution is 2.24. The standard InChI is InChI=1S/C21H24N4O2S/c1-2-15-3-5-16(6-4-15)18-13-22-9-11-25(18)19(26)7-10-24-14-23-20-17(21(24)27)8-12-28-20/h3-6,8,12,14,18,22H,2,7,9-11,13H2,1H3. The number of nitrogens with one attached hydrogen (secondary N) is 1. The van der Waals surface area contributed by atoms with Crippen molar-refractivity contribution in [3.63, 3.8) is 0 Å². The summed E-state index contributed by atoms with van der Waals surface area (Å²) in [5.74, 6) is 0.0726. The van der Waals surface area contributed by atoms with Crippen LogP contribution >= 0.6 is 11.3 Å².